The smallest absolute Gasteiger partial charge is 0.235 e. The molecule has 0 heterocycles. The first-order chi connectivity index (χ1) is 7.60. The van der Waals surface area contributed by atoms with Gasteiger partial charge in [-0.3, -0.25) is 4.79 Å². The molecule has 0 radical (unpaired) electrons. The number of benzene rings is 1. The van der Waals surface area contributed by atoms with Crippen molar-refractivity contribution in [3.05, 3.63) is 34.6 Å². The van der Waals surface area contributed by atoms with Crippen LogP contribution >= 0.6 is 23.2 Å². The van der Waals surface area contributed by atoms with Gasteiger partial charge in [0.1, 0.15) is 11.7 Å². The number of hydrogen-bond donors (Lipinski definition) is 1. The fourth-order valence-corrected chi connectivity index (χ4v) is 1.68. The van der Waals surface area contributed by atoms with Crippen molar-refractivity contribution in [1.29, 1.82) is 0 Å². The Kier molecular flexibility index (Phi) is 5.03. The van der Waals surface area contributed by atoms with Crippen LogP contribution in [0.25, 0.3) is 0 Å². The van der Waals surface area contributed by atoms with Crippen LogP contribution in [-0.4, -0.2) is 11.8 Å². The van der Waals surface area contributed by atoms with Gasteiger partial charge in [-0.15, -0.1) is 11.6 Å². The lowest BCUT2D eigenvalue weighted by Crippen LogP contribution is -2.29. The molecule has 5 heteroatoms. The molecule has 0 bridgehead atoms. The van der Waals surface area contributed by atoms with E-state index in [4.69, 9.17) is 23.2 Å². The maximum atomic E-state index is 13.7. The molecule has 1 N–H and O–H groups in total. The van der Waals surface area contributed by atoms with Crippen LogP contribution in [-0.2, 0) is 4.79 Å². The molecule has 1 rings (SSSR count). The molecule has 0 spiro atoms. The lowest BCUT2D eigenvalue weighted by molar-refractivity contribution is -0.119. The molecule has 16 heavy (non-hydrogen) atoms. The zero-order chi connectivity index (χ0) is 12.1. The molecule has 0 unspecified atom stereocenters. The van der Waals surface area contributed by atoms with Crippen LogP contribution in [0.1, 0.15) is 24.9 Å². The maximum Gasteiger partial charge on any atom is 0.235 e. The molecule has 0 saturated carbocycles. The van der Waals surface area contributed by atoms with Gasteiger partial charge in [0.05, 0.1) is 11.1 Å². The monoisotopic (exact) mass is 263 g/mol. The predicted octanol–water partition coefficient (Wildman–Crippen LogP) is 3.29. The maximum absolute atomic E-state index is 13.7. The molecular formula is C11H12Cl2FNO. The lowest BCUT2D eigenvalue weighted by atomic mass is 10.0. The van der Waals surface area contributed by atoms with E-state index in [1.165, 1.54) is 6.07 Å². The molecule has 1 atom stereocenters. The highest BCUT2D eigenvalue weighted by molar-refractivity contribution is 6.30. The van der Waals surface area contributed by atoms with Crippen molar-refractivity contribution >= 4 is 29.1 Å². The van der Waals surface area contributed by atoms with Crippen LogP contribution < -0.4 is 5.32 Å². The first-order valence-corrected chi connectivity index (χ1v) is 5.80. The molecule has 0 aromatic heterocycles. The summed E-state index contributed by atoms with van der Waals surface area (Å²) in [5.74, 6) is -0.961. The summed E-state index contributed by atoms with van der Waals surface area (Å²) < 4.78 is 13.7. The molecule has 0 aliphatic heterocycles. The summed E-state index contributed by atoms with van der Waals surface area (Å²) in [6, 6.07) is 4.32. The molecule has 1 amide bonds. The van der Waals surface area contributed by atoms with Crippen molar-refractivity contribution in [2.75, 3.05) is 5.88 Å². The van der Waals surface area contributed by atoms with Crippen molar-refractivity contribution in [3.63, 3.8) is 0 Å². The van der Waals surface area contributed by atoms with E-state index in [0.717, 1.165) is 0 Å². The van der Waals surface area contributed by atoms with Gasteiger partial charge in [-0.25, -0.2) is 4.39 Å². The SMILES string of the molecule is CC[C@@H](NC(=O)CCl)c1cccc(Cl)c1F. The summed E-state index contributed by atoms with van der Waals surface area (Å²) >= 11 is 11.1. The highest BCUT2D eigenvalue weighted by Gasteiger charge is 2.17. The standard InChI is InChI=1S/C11H12Cl2FNO/c1-2-9(15-10(16)6-12)7-4-3-5-8(13)11(7)14/h3-5,9H,2,6H2,1H3,(H,15,16)/t9-/m1/s1. The third-order valence-corrected chi connectivity index (χ3v) is 2.76. The first kappa shape index (κ1) is 13.3. The van der Waals surface area contributed by atoms with Crippen LogP contribution in [0.3, 0.4) is 0 Å². The minimum absolute atomic E-state index is 0.0519. The second kappa shape index (κ2) is 6.06. The molecule has 0 aliphatic rings. The van der Waals surface area contributed by atoms with Gasteiger partial charge >= 0.3 is 0 Å². The molecule has 0 aliphatic carbocycles. The topological polar surface area (TPSA) is 29.1 Å². The Hall–Kier alpha value is -0.800. The molecule has 1 aromatic carbocycles. The van der Waals surface area contributed by atoms with Crippen LogP contribution in [0.4, 0.5) is 4.39 Å². The molecule has 1 aromatic rings. The Balaban J connectivity index is 2.95. The van der Waals surface area contributed by atoms with Crippen molar-refractivity contribution in [3.8, 4) is 0 Å². The molecule has 2 nitrogen and oxygen atoms in total. The fraction of sp³-hybridized carbons (Fsp3) is 0.364. The highest BCUT2D eigenvalue weighted by Crippen LogP contribution is 2.25. The number of carbonyl (C=O) groups excluding carboxylic acids is 1. The average Bonchev–Trinajstić information content (AvgIpc) is 2.29. The van der Waals surface area contributed by atoms with E-state index >= 15 is 0 Å². The number of rotatable bonds is 4. The van der Waals surface area contributed by atoms with Gasteiger partial charge in [0.15, 0.2) is 0 Å². The van der Waals surface area contributed by atoms with Crippen molar-refractivity contribution in [1.82, 2.24) is 5.32 Å². The quantitative estimate of drug-likeness (QED) is 0.831. The van der Waals surface area contributed by atoms with E-state index < -0.39 is 11.9 Å². The molecular weight excluding hydrogens is 252 g/mol. The van der Waals surface area contributed by atoms with Crippen LogP contribution in [0, 0.1) is 5.82 Å². The van der Waals surface area contributed by atoms with E-state index in [0.29, 0.717) is 12.0 Å². The fourth-order valence-electron chi connectivity index (χ4n) is 1.42. The second-order valence-electron chi connectivity index (χ2n) is 3.31. The van der Waals surface area contributed by atoms with Crippen LogP contribution in [0.2, 0.25) is 5.02 Å². The number of carbonyl (C=O) groups is 1. The summed E-state index contributed by atoms with van der Waals surface area (Å²) in [6.07, 6.45) is 0.569. The minimum Gasteiger partial charge on any atom is -0.348 e. The van der Waals surface area contributed by atoms with E-state index in [2.05, 4.69) is 5.32 Å². The Bertz CT molecular complexity index is 384. The Morgan fingerprint density at radius 3 is 2.81 bits per heavy atom. The summed E-state index contributed by atoms with van der Waals surface area (Å²) in [5.41, 5.74) is 0.383. The zero-order valence-electron chi connectivity index (χ0n) is 8.77. The number of amides is 1. The zero-order valence-corrected chi connectivity index (χ0v) is 10.3. The largest absolute Gasteiger partial charge is 0.348 e. The summed E-state index contributed by atoms with van der Waals surface area (Å²) in [6.45, 7) is 1.85. The number of nitrogens with one attached hydrogen (secondary N) is 1. The van der Waals surface area contributed by atoms with Gasteiger partial charge in [-0.1, -0.05) is 30.7 Å². The third kappa shape index (κ3) is 3.09. The number of halogens is 3. The first-order valence-electron chi connectivity index (χ1n) is 4.89. The van der Waals surface area contributed by atoms with Gasteiger partial charge in [0.2, 0.25) is 5.91 Å². The van der Waals surface area contributed by atoms with Gasteiger partial charge in [0.25, 0.3) is 0 Å². The highest BCUT2D eigenvalue weighted by atomic mass is 35.5. The van der Waals surface area contributed by atoms with E-state index in [9.17, 15) is 9.18 Å². The third-order valence-electron chi connectivity index (χ3n) is 2.22. The molecule has 0 fully saturated rings. The minimum atomic E-state index is -0.495. The summed E-state index contributed by atoms with van der Waals surface area (Å²) in [7, 11) is 0. The van der Waals surface area contributed by atoms with E-state index in [-0.39, 0.29) is 16.8 Å². The Labute approximate surface area is 104 Å². The predicted molar refractivity (Wildman–Crippen MR) is 63.3 cm³/mol. The van der Waals surface area contributed by atoms with Crippen LogP contribution in [0.15, 0.2) is 18.2 Å². The molecule has 0 saturated heterocycles. The van der Waals surface area contributed by atoms with E-state index in [1.54, 1.807) is 12.1 Å². The van der Waals surface area contributed by atoms with Crippen molar-refractivity contribution in [2.45, 2.75) is 19.4 Å². The second-order valence-corrected chi connectivity index (χ2v) is 3.98. The van der Waals surface area contributed by atoms with Crippen LogP contribution in [0.5, 0.6) is 0 Å². The summed E-state index contributed by atoms with van der Waals surface area (Å²) in [5, 5.41) is 2.68. The van der Waals surface area contributed by atoms with Gasteiger partial charge in [-0.2, -0.15) is 0 Å². The van der Waals surface area contributed by atoms with Crippen molar-refractivity contribution < 1.29 is 9.18 Å². The van der Waals surface area contributed by atoms with E-state index in [1.807, 2.05) is 6.92 Å². The van der Waals surface area contributed by atoms with Gasteiger partial charge < -0.3 is 5.32 Å². The number of alkyl halides is 1. The van der Waals surface area contributed by atoms with Gasteiger partial charge in [0, 0.05) is 5.56 Å². The number of hydrogen-bond acceptors (Lipinski definition) is 1. The lowest BCUT2D eigenvalue weighted by Gasteiger charge is -2.17. The summed E-state index contributed by atoms with van der Waals surface area (Å²) in [4.78, 5) is 11.2. The normalized spacial score (nSPS) is 12.2. The Morgan fingerprint density at radius 2 is 2.25 bits per heavy atom. The Morgan fingerprint density at radius 1 is 1.56 bits per heavy atom. The molecule has 88 valence electrons. The van der Waals surface area contributed by atoms with Crippen molar-refractivity contribution in [2.24, 2.45) is 0 Å². The average molecular weight is 264 g/mol. The van der Waals surface area contributed by atoms with Gasteiger partial charge in [-0.05, 0) is 12.5 Å².